The second kappa shape index (κ2) is 1.76. The van der Waals surface area contributed by atoms with E-state index in [-0.39, 0.29) is 0 Å². The maximum Gasteiger partial charge on any atom is 0.0233 e. The molecule has 10 heavy (non-hydrogen) atoms. The number of hydrogen-bond donors (Lipinski definition) is 1. The van der Waals surface area contributed by atoms with Gasteiger partial charge in [0.2, 0.25) is 0 Å². The molecule has 1 heteroatoms. The molecule has 0 aromatic heterocycles. The second-order valence-electron chi connectivity index (χ2n) is 4.50. The molecule has 0 amide bonds. The molecule has 0 aromatic carbocycles. The summed E-state index contributed by atoms with van der Waals surface area (Å²) in [6, 6.07) is 0. The molecule has 58 valence electrons. The third-order valence-corrected chi connectivity index (χ3v) is 3.49. The lowest BCUT2D eigenvalue weighted by molar-refractivity contribution is 0.161. The fourth-order valence-electron chi connectivity index (χ4n) is 2.32. The minimum Gasteiger partial charge on any atom is -0.311 e. The zero-order valence-electron chi connectivity index (χ0n) is 7.04. The van der Waals surface area contributed by atoms with Crippen molar-refractivity contribution in [1.29, 1.82) is 0 Å². The lowest BCUT2D eigenvalue weighted by atomic mass is 9.75. The fraction of sp³-hybridized carbons (Fsp3) is 1.00. The molecule has 1 saturated heterocycles. The molecule has 2 rings (SSSR count). The number of nitrogens with one attached hydrogen (secondary N) is 1. The normalized spacial score (nSPS) is 34.2. The van der Waals surface area contributed by atoms with Gasteiger partial charge in [-0.2, -0.15) is 0 Å². The van der Waals surface area contributed by atoms with Crippen LogP contribution in [0.5, 0.6) is 0 Å². The van der Waals surface area contributed by atoms with E-state index < -0.39 is 0 Å². The van der Waals surface area contributed by atoms with E-state index in [1.807, 2.05) is 0 Å². The summed E-state index contributed by atoms with van der Waals surface area (Å²) in [6.07, 6.45) is 5.62. The average Bonchev–Trinajstić information content (AvgIpc) is 2.59. The van der Waals surface area contributed by atoms with Gasteiger partial charge in [0.15, 0.2) is 0 Å². The first-order valence-corrected chi connectivity index (χ1v) is 4.41. The third kappa shape index (κ3) is 0.731. The molecular weight excluding hydrogens is 122 g/mol. The van der Waals surface area contributed by atoms with Crippen LogP contribution in [0.3, 0.4) is 0 Å². The molecule has 1 spiro atoms. The summed E-state index contributed by atoms with van der Waals surface area (Å²) in [5, 5.41) is 3.66. The lowest BCUT2D eigenvalue weighted by Crippen LogP contribution is -2.48. The zero-order valence-corrected chi connectivity index (χ0v) is 7.04. The molecule has 1 saturated carbocycles. The third-order valence-electron chi connectivity index (χ3n) is 3.49. The monoisotopic (exact) mass is 139 g/mol. The Morgan fingerprint density at radius 2 is 1.80 bits per heavy atom. The molecule has 2 fully saturated rings. The van der Waals surface area contributed by atoms with Gasteiger partial charge in [-0.1, -0.05) is 13.8 Å². The minimum atomic E-state index is 0.575. The largest absolute Gasteiger partial charge is 0.311 e. The molecule has 2 aliphatic rings. The Bertz CT molecular complexity index is 139. The van der Waals surface area contributed by atoms with Gasteiger partial charge in [-0.05, 0) is 37.6 Å². The van der Waals surface area contributed by atoms with Crippen LogP contribution in [-0.2, 0) is 0 Å². The summed E-state index contributed by atoms with van der Waals surface area (Å²) >= 11 is 0. The summed E-state index contributed by atoms with van der Waals surface area (Å²) in [5.74, 6) is 0. The van der Waals surface area contributed by atoms with Gasteiger partial charge in [0.05, 0.1) is 0 Å². The Balaban J connectivity index is 2.15. The van der Waals surface area contributed by atoms with Gasteiger partial charge < -0.3 is 5.32 Å². The van der Waals surface area contributed by atoms with Crippen molar-refractivity contribution in [2.24, 2.45) is 5.41 Å². The number of rotatable bonds is 0. The van der Waals surface area contributed by atoms with Crippen LogP contribution in [0.15, 0.2) is 0 Å². The van der Waals surface area contributed by atoms with Crippen molar-refractivity contribution >= 4 is 0 Å². The van der Waals surface area contributed by atoms with E-state index in [0.29, 0.717) is 11.0 Å². The highest BCUT2D eigenvalue weighted by Gasteiger charge is 2.54. The second-order valence-corrected chi connectivity index (χ2v) is 4.50. The highest BCUT2D eigenvalue weighted by molar-refractivity contribution is 5.12. The zero-order chi connectivity index (χ0) is 7.24. The fourth-order valence-corrected chi connectivity index (χ4v) is 2.32. The maximum atomic E-state index is 3.66. The summed E-state index contributed by atoms with van der Waals surface area (Å²) in [4.78, 5) is 0. The van der Waals surface area contributed by atoms with Gasteiger partial charge >= 0.3 is 0 Å². The predicted octanol–water partition coefficient (Wildman–Crippen LogP) is 1.93. The highest BCUT2D eigenvalue weighted by atomic mass is 15.1. The molecular formula is C9H17N. The van der Waals surface area contributed by atoms with Crippen molar-refractivity contribution in [2.45, 2.75) is 45.1 Å². The van der Waals surface area contributed by atoms with Crippen molar-refractivity contribution in [1.82, 2.24) is 5.32 Å². The Morgan fingerprint density at radius 3 is 2.20 bits per heavy atom. The molecule has 1 aliphatic heterocycles. The van der Waals surface area contributed by atoms with E-state index in [1.165, 1.54) is 32.2 Å². The van der Waals surface area contributed by atoms with Crippen molar-refractivity contribution in [3.8, 4) is 0 Å². The highest BCUT2D eigenvalue weighted by Crippen LogP contribution is 2.53. The molecule has 0 atom stereocenters. The summed E-state index contributed by atoms with van der Waals surface area (Å²) in [6.45, 7) is 6.07. The van der Waals surface area contributed by atoms with Gasteiger partial charge in [0, 0.05) is 5.54 Å². The lowest BCUT2D eigenvalue weighted by Gasteiger charge is -2.40. The standard InChI is InChI=1S/C9H17N/c1-8(2)4-3-7-10-9(8)5-6-9/h10H,3-7H2,1-2H3. The van der Waals surface area contributed by atoms with Gasteiger partial charge in [-0.3, -0.25) is 0 Å². The topological polar surface area (TPSA) is 12.0 Å². The van der Waals surface area contributed by atoms with Gasteiger partial charge in [-0.25, -0.2) is 0 Å². The van der Waals surface area contributed by atoms with Crippen LogP contribution in [0.1, 0.15) is 39.5 Å². The van der Waals surface area contributed by atoms with Crippen molar-refractivity contribution < 1.29 is 0 Å². The Morgan fingerprint density at radius 1 is 1.10 bits per heavy atom. The molecule has 0 radical (unpaired) electrons. The first-order chi connectivity index (χ1) is 4.66. The predicted molar refractivity (Wildman–Crippen MR) is 43.0 cm³/mol. The van der Waals surface area contributed by atoms with E-state index in [2.05, 4.69) is 19.2 Å². The van der Waals surface area contributed by atoms with E-state index >= 15 is 0 Å². The first kappa shape index (κ1) is 6.66. The Labute approximate surface area is 63.2 Å². The average molecular weight is 139 g/mol. The first-order valence-electron chi connectivity index (χ1n) is 4.41. The van der Waals surface area contributed by atoms with Crippen LogP contribution in [0.25, 0.3) is 0 Å². The van der Waals surface area contributed by atoms with E-state index in [0.717, 1.165) is 0 Å². The van der Waals surface area contributed by atoms with Crippen LogP contribution < -0.4 is 5.32 Å². The van der Waals surface area contributed by atoms with Crippen LogP contribution in [-0.4, -0.2) is 12.1 Å². The van der Waals surface area contributed by atoms with Gasteiger partial charge in [0.1, 0.15) is 0 Å². The Kier molecular flexibility index (Phi) is 1.17. The van der Waals surface area contributed by atoms with Crippen LogP contribution in [0.2, 0.25) is 0 Å². The summed E-state index contributed by atoms with van der Waals surface area (Å²) in [5.41, 5.74) is 1.15. The maximum absolute atomic E-state index is 3.66. The van der Waals surface area contributed by atoms with Crippen molar-refractivity contribution in [3.05, 3.63) is 0 Å². The molecule has 1 aliphatic carbocycles. The number of piperidine rings is 1. The molecule has 0 aromatic rings. The van der Waals surface area contributed by atoms with E-state index in [1.54, 1.807) is 0 Å². The summed E-state index contributed by atoms with van der Waals surface area (Å²) in [7, 11) is 0. The van der Waals surface area contributed by atoms with Crippen LogP contribution >= 0.6 is 0 Å². The quantitative estimate of drug-likeness (QED) is 0.540. The summed E-state index contributed by atoms with van der Waals surface area (Å²) < 4.78 is 0. The molecule has 0 unspecified atom stereocenters. The molecule has 1 N–H and O–H groups in total. The van der Waals surface area contributed by atoms with Crippen LogP contribution in [0.4, 0.5) is 0 Å². The van der Waals surface area contributed by atoms with E-state index in [9.17, 15) is 0 Å². The Hall–Kier alpha value is -0.0400. The molecule has 1 heterocycles. The minimum absolute atomic E-state index is 0.575. The smallest absolute Gasteiger partial charge is 0.0233 e. The van der Waals surface area contributed by atoms with Crippen molar-refractivity contribution in [2.75, 3.05) is 6.54 Å². The molecule has 0 bridgehead atoms. The van der Waals surface area contributed by atoms with Gasteiger partial charge in [-0.15, -0.1) is 0 Å². The number of hydrogen-bond acceptors (Lipinski definition) is 1. The van der Waals surface area contributed by atoms with Crippen LogP contribution in [0, 0.1) is 5.41 Å². The van der Waals surface area contributed by atoms with E-state index in [4.69, 9.17) is 0 Å². The van der Waals surface area contributed by atoms with Crippen molar-refractivity contribution in [3.63, 3.8) is 0 Å². The molecule has 1 nitrogen and oxygen atoms in total. The SMILES string of the molecule is CC1(C)CCCNC12CC2. The van der Waals surface area contributed by atoms with Gasteiger partial charge in [0.25, 0.3) is 0 Å².